The Bertz CT molecular complexity index is 295. The predicted molar refractivity (Wildman–Crippen MR) is 83.1 cm³/mol. The lowest BCUT2D eigenvalue weighted by Crippen LogP contribution is -2.47. The minimum absolute atomic E-state index is 0.264. The molecule has 3 aliphatic rings. The van der Waals surface area contributed by atoms with Crippen LogP contribution in [0.5, 0.6) is 0 Å². The van der Waals surface area contributed by atoms with Gasteiger partial charge in [0.25, 0.3) is 0 Å². The second kappa shape index (κ2) is 6.76. The molecule has 3 fully saturated rings. The maximum atomic E-state index is 6.16. The smallest absolute Gasteiger partial charge is 0.0697 e. The number of piperidine rings is 1. The van der Waals surface area contributed by atoms with Crippen LogP contribution in [0.3, 0.4) is 0 Å². The summed E-state index contributed by atoms with van der Waals surface area (Å²) >= 11 is 0. The number of hydrogen-bond acceptors (Lipinski definition) is 3. The fraction of sp³-hybridized carbons (Fsp3) is 1.00. The summed E-state index contributed by atoms with van der Waals surface area (Å²) < 4.78 is 6.16. The summed E-state index contributed by atoms with van der Waals surface area (Å²) in [5.41, 5.74) is 0.264. The second-order valence-electron chi connectivity index (χ2n) is 7.30. The third kappa shape index (κ3) is 3.55. The molecular weight excluding hydrogens is 248 g/mol. The van der Waals surface area contributed by atoms with Gasteiger partial charge < -0.3 is 15.0 Å². The monoisotopic (exact) mass is 280 g/mol. The molecule has 1 aliphatic carbocycles. The summed E-state index contributed by atoms with van der Waals surface area (Å²) in [6.45, 7) is 3.46. The van der Waals surface area contributed by atoms with Gasteiger partial charge in [-0.15, -0.1) is 0 Å². The van der Waals surface area contributed by atoms with Crippen LogP contribution in [0.4, 0.5) is 0 Å². The third-order valence-electron chi connectivity index (χ3n) is 5.85. The molecule has 2 unspecified atom stereocenters. The normalized spacial score (nSPS) is 33.9. The summed E-state index contributed by atoms with van der Waals surface area (Å²) in [5, 5.41) is 3.67. The van der Waals surface area contributed by atoms with Crippen molar-refractivity contribution in [3.63, 3.8) is 0 Å². The van der Waals surface area contributed by atoms with E-state index in [4.69, 9.17) is 4.74 Å². The van der Waals surface area contributed by atoms with E-state index in [1.54, 1.807) is 0 Å². The first-order chi connectivity index (χ1) is 9.77. The maximum absolute atomic E-state index is 6.16. The van der Waals surface area contributed by atoms with Crippen LogP contribution >= 0.6 is 0 Å². The molecule has 0 amide bonds. The van der Waals surface area contributed by atoms with Crippen LogP contribution in [0.1, 0.15) is 64.2 Å². The van der Waals surface area contributed by atoms with E-state index in [9.17, 15) is 0 Å². The number of hydrogen-bond donors (Lipinski definition) is 1. The van der Waals surface area contributed by atoms with E-state index in [2.05, 4.69) is 17.3 Å². The molecule has 2 saturated heterocycles. The Morgan fingerprint density at radius 3 is 2.75 bits per heavy atom. The molecule has 116 valence electrons. The van der Waals surface area contributed by atoms with Crippen molar-refractivity contribution in [3.05, 3.63) is 0 Å². The van der Waals surface area contributed by atoms with Crippen molar-refractivity contribution in [1.29, 1.82) is 0 Å². The van der Waals surface area contributed by atoms with E-state index < -0.39 is 0 Å². The van der Waals surface area contributed by atoms with E-state index in [0.29, 0.717) is 0 Å². The Hall–Kier alpha value is -0.120. The molecule has 0 aromatic heterocycles. The molecule has 2 heterocycles. The van der Waals surface area contributed by atoms with E-state index in [-0.39, 0.29) is 5.60 Å². The van der Waals surface area contributed by atoms with Crippen molar-refractivity contribution in [3.8, 4) is 0 Å². The van der Waals surface area contributed by atoms with Gasteiger partial charge in [0.2, 0.25) is 0 Å². The highest BCUT2D eigenvalue weighted by Gasteiger charge is 2.40. The van der Waals surface area contributed by atoms with E-state index in [1.807, 2.05) is 0 Å². The summed E-state index contributed by atoms with van der Waals surface area (Å²) in [6, 6.07) is 1.52. The SMILES string of the molecule is CN(CCC1CCCCN1)C1CCOC2(CCCC2)C1. The van der Waals surface area contributed by atoms with Crippen molar-refractivity contribution in [2.24, 2.45) is 0 Å². The fourth-order valence-electron chi connectivity index (χ4n) is 4.46. The van der Waals surface area contributed by atoms with Crippen LogP contribution in [0, 0.1) is 0 Å². The Labute approximate surface area is 124 Å². The molecule has 20 heavy (non-hydrogen) atoms. The topological polar surface area (TPSA) is 24.5 Å². The number of nitrogens with one attached hydrogen (secondary N) is 1. The van der Waals surface area contributed by atoms with Gasteiger partial charge in [0.05, 0.1) is 5.60 Å². The molecule has 1 saturated carbocycles. The quantitative estimate of drug-likeness (QED) is 0.857. The molecule has 0 radical (unpaired) electrons. The zero-order valence-corrected chi connectivity index (χ0v) is 13.2. The molecule has 1 spiro atoms. The minimum atomic E-state index is 0.264. The van der Waals surface area contributed by atoms with E-state index >= 15 is 0 Å². The first-order valence-corrected chi connectivity index (χ1v) is 8.85. The number of ether oxygens (including phenoxy) is 1. The molecule has 3 heteroatoms. The molecule has 1 N–H and O–H groups in total. The van der Waals surface area contributed by atoms with Gasteiger partial charge in [-0.05, 0) is 65.1 Å². The summed E-state index contributed by atoms with van der Waals surface area (Å²) in [5.74, 6) is 0. The zero-order valence-electron chi connectivity index (χ0n) is 13.2. The molecule has 2 atom stereocenters. The Balaban J connectivity index is 1.45. The highest BCUT2D eigenvalue weighted by Crippen LogP contribution is 2.41. The van der Waals surface area contributed by atoms with Crippen molar-refractivity contribution < 1.29 is 4.74 Å². The van der Waals surface area contributed by atoms with Crippen LogP contribution in [0.25, 0.3) is 0 Å². The van der Waals surface area contributed by atoms with Gasteiger partial charge in [-0.1, -0.05) is 19.3 Å². The van der Waals surface area contributed by atoms with E-state index in [1.165, 1.54) is 77.3 Å². The Morgan fingerprint density at radius 1 is 1.15 bits per heavy atom. The van der Waals surface area contributed by atoms with Crippen molar-refractivity contribution in [2.75, 3.05) is 26.7 Å². The molecular formula is C17H32N2O. The van der Waals surface area contributed by atoms with Gasteiger partial charge in [-0.25, -0.2) is 0 Å². The molecule has 0 bridgehead atoms. The first-order valence-electron chi connectivity index (χ1n) is 8.85. The van der Waals surface area contributed by atoms with Gasteiger partial charge in [-0.2, -0.15) is 0 Å². The predicted octanol–water partition coefficient (Wildman–Crippen LogP) is 2.94. The summed E-state index contributed by atoms with van der Waals surface area (Å²) in [4.78, 5) is 2.62. The first kappa shape index (κ1) is 14.8. The number of nitrogens with zero attached hydrogens (tertiary/aromatic N) is 1. The van der Waals surface area contributed by atoms with Gasteiger partial charge in [0.15, 0.2) is 0 Å². The van der Waals surface area contributed by atoms with Gasteiger partial charge >= 0.3 is 0 Å². The lowest BCUT2D eigenvalue weighted by Gasteiger charge is -2.42. The highest BCUT2D eigenvalue weighted by atomic mass is 16.5. The summed E-state index contributed by atoms with van der Waals surface area (Å²) in [6.07, 6.45) is 13.4. The van der Waals surface area contributed by atoms with Gasteiger partial charge in [0.1, 0.15) is 0 Å². The van der Waals surface area contributed by atoms with Crippen molar-refractivity contribution in [2.45, 2.75) is 81.9 Å². The Kier molecular flexibility index (Phi) is 5.00. The Morgan fingerprint density at radius 2 is 2.00 bits per heavy atom. The highest BCUT2D eigenvalue weighted by molar-refractivity contribution is 4.94. The third-order valence-corrected chi connectivity index (χ3v) is 5.85. The lowest BCUT2D eigenvalue weighted by molar-refractivity contribution is -0.0989. The van der Waals surface area contributed by atoms with Crippen LogP contribution in [-0.4, -0.2) is 49.3 Å². The molecule has 0 aromatic carbocycles. The van der Waals surface area contributed by atoms with Crippen molar-refractivity contribution in [1.82, 2.24) is 10.2 Å². The minimum Gasteiger partial charge on any atom is -0.375 e. The van der Waals surface area contributed by atoms with Crippen molar-refractivity contribution >= 4 is 0 Å². The van der Waals surface area contributed by atoms with Crippen LogP contribution in [0.15, 0.2) is 0 Å². The van der Waals surface area contributed by atoms with Gasteiger partial charge in [-0.3, -0.25) is 0 Å². The lowest BCUT2D eigenvalue weighted by atomic mass is 9.88. The van der Waals surface area contributed by atoms with Crippen LogP contribution in [-0.2, 0) is 4.74 Å². The average Bonchev–Trinajstić information content (AvgIpc) is 2.93. The fourth-order valence-corrected chi connectivity index (χ4v) is 4.46. The standard InChI is InChI=1S/C17H32N2O/c1-19(12-7-15-6-2-5-11-18-15)16-8-13-20-17(14-16)9-3-4-10-17/h15-16,18H,2-14H2,1H3. The van der Waals surface area contributed by atoms with E-state index in [0.717, 1.165) is 18.7 Å². The average molecular weight is 280 g/mol. The zero-order chi connectivity index (χ0) is 13.8. The largest absolute Gasteiger partial charge is 0.375 e. The number of rotatable bonds is 4. The maximum Gasteiger partial charge on any atom is 0.0697 e. The van der Waals surface area contributed by atoms with Crippen LogP contribution < -0.4 is 5.32 Å². The molecule has 3 rings (SSSR count). The summed E-state index contributed by atoms with van der Waals surface area (Å²) in [7, 11) is 2.33. The van der Waals surface area contributed by atoms with Crippen LogP contribution in [0.2, 0.25) is 0 Å². The van der Waals surface area contributed by atoms with Gasteiger partial charge in [0, 0.05) is 18.7 Å². The molecule has 3 nitrogen and oxygen atoms in total. The molecule has 2 aliphatic heterocycles. The second-order valence-corrected chi connectivity index (χ2v) is 7.30. The molecule has 0 aromatic rings.